The van der Waals surface area contributed by atoms with Gasteiger partial charge in [0.15, 0.2) is 11.0 Å². The first-order valence-corrected chi connectivity index (χ1v) is 3.59. The zero-order valence-corrected chi connectivity index (χ0v) is 6.88. The molecule has 0 fully saturated rings. The maximum Gasteiger partial charge on any atom is 0.239 e. The van der Waals surface area contributed by atoms with Crippen LogP contribution in [0.3, 0.4) is 0 Å². The molecule has 0 radical (unpaired) electrons. The van der Waals surface area contributed by atoms with Crippen molar-refractivity contribution in [3.63, 3.8) is 0 Å². The summed E-state index contributed by atoms with van der Waals surface area (Å²) in [5.74, 6) is 0.0291. The Labute approximate surface area is 73.9 Å². The first-order chi connectivity index (χ1) is 5.72. The number of nitrogens with two attached hydrogens (primary N) is 1. The lowest BCUT2D eigenvalue weighted by Gasteiger charge is -1.99. The Morgan fingerprint density at radius 1 is 1.58 bits per heavy atom. The Kier molecular flexibility index (Phi) is 2.95. The van der Waals surface area contributed by atoms with E-state index < -0.39 is 0 Å². The van der Waals surface area contributed by atoms with Crippen LogP contribution in [0.1, 0.15) is 0 Å². The van der Waals surface area contributed by atoms with Crippen LogP contribution in [0.15, 0.2) is 12.1 Å². The maximum absolute atomic E-state index is 10.7. The molecule has 1 rings (SSSR count). The molecule has 3 N–H and O–H groups in total. The summed E-state index contributed by atoms with van der Waals surface area (Å²) in [6.45, 7) is -0.0791. The van der Waals surface area contributed by atoms with Gasteiger partial charge in [0.2, 0.25) is 5.91 Å². The van der Waals surface area contributed by atoms with Crippen LogP contribution in [0, 0.1) is 0 Å². The monoisotopic (exact) mass is 186 g/mol. The van der Waals surface area contributed by atoms with Gasteiger partial charge in [-0.1, -0.05) is 11.6 Å². The van der Waals surface area contributed by atoms with Crippen molar-refractivity contribution in [3.8, 4) is 0 Å². The molecule has 0 unspecified atom stereocenters. The van der Waals surface area contributed by atoms with Crippen molar-refractivity contribution in [2.75, 3.05) is 11.9 Å². The fourth-order valence-corrected chi connectivity index (χ4v) is 0.677. The molecule has 1 amide bonds. The Morgan fingerprint density at radius 3 is 2.83 bits per heavy atom. The molecule has 12 heavy (non-hydrogen) atoms. The molecule has 64 valence electrons. The second-order valence-corrected chi connectivity index (χ2v) is 2.38. The van der Waals surface area contributed by atoms with E-state index in [1.807, 2.05) is 0 Å². The number of nitrogens with one attached hydrogen (secondary N) is 1. The normalized spacial score (nSPS) is 9.50. The molecule has 6 heteroatoms. The smallest absolute Gasteiger partial charge is 0.239 e. The van der Waals surface area contributed by atoms with Gasteiger partial charge in [-0.05, 0) is 12.1 Å². The highest BCUT2D eigenvalue weighted by Crippen LogP contribution is 2.05. The average Bonchev–Trinajstić information content (AvgIpc) is 2.09. The molecule has 0 bridgehead atoms. The van der Waals surface area contributed by atoms with E-state index >= 15 is 0 Å². The number of amides is 1. The predicted octanol–water partition coefficient (Wildman–Crippen LogP) is 0.0272. The number of hydrogen-bond donors (Lipinski definition) is 2. The van der Waals surface area contributed by atoms with E-state index in [0.29, 0.717) is 5.82 Å². The molecule has 0 atom stereocenters. The maximum atomic E-state index is 10.7. The van der Waals surface area contributed by atoms with Gasteiger partial charge in [-0.25, -0.2) is 0 Å². The van der Waals surface area contributed by atoms with Gasteiger partial charge in [0.05, 0.1) is 6.54 Å². The van der Waals surface area contributed by atoms with Crippen molar-refractivity contribution in [3.05, 3.63) is 17.3 Å². The lowest BCUT2D eigenvalue weighted by Crippen LogP contribution is -2.22. The van der Waals surface area contributed by atoms with E-state index in [0.717, 1.165) is 0 Å². The minimum absolute atomic E-state index is 0.0791. The summed E-state index contributed by atoms with van der Waals surface area (Å²) in [5, 5.41) is 9.82. The van der Waals surface area contributed by atoms with Crippen LogP contribution in [-0.4, -0.2) is 22.6 Å². The van der Waals surface area contributed by atoms with Gasteiger partial charge in [0.1, 0.15) is 0 Å². The fourth-order valence-electron chi connectivity index (χ4n) is 0.577. The molecular weight excluding hydrogens is 180 g/mol. The summed E-state index contributed by atoms with van der Waals surface area (Å²) in [6.07, 6.45) is 0. The largest absolute Gasteiger partial charge is 0.322 e. The van der Waals surface area contributed by atoms with Crippen LogP contribution in [0.5, 0.6) is 0 Å². The Morgan fingerprint density at radius 2 is 2.33 bits per heavy atom. The van der Waals surface area contributed by atoms with Gasteiger partial charge in [-0.3, -0.25) is 4.79 Å². The standard InChI is InChI=1S/C6H7ClN4O/c7-4-1-2-5(11-10-4)9-6(12)3-8/h1-2H,3,8H2,(H,9,11,12). The molecular formula is C6H7ClN4O. The first kappa shape index (κ1) is 8.89. The van der Waals surface area contributed by atoms with Gasteiger partial charge in [0, 0.05) is 0 Å². The van der Waals surface area contributed by atoms with Gasteiger partial charge in [-0.2, -0.15) is 0 Å². The Balaban J connectivity index is 2.64. The van der Waals surface area contributed by atoms with Crippen LogP contribution in [0.4, 0.5) is 5.82 Å². The van der Waals surface area contributed by atoms with Gasteiger partial charge in [0.25, 0.3) is 0 Å². The predicted molar refractivity (Wildman–Crippen MR) is 44.7 cm³/mol. The molecule has 0 saturated heterocycles. The van der Waals surface area contributed by atoms with E-state index in [-0.39, 0.29) is 17.6 Å². The van der Waals surface area contributed by atoms with Gasteiger partial charge in [-0.15, -0.1) is 10.2 Å². The molecule has 1 aromatic heterocycles. The molecule has 5 nitrogen and oxygen atoms in total. The number of carbonyl (C=O) groups is 1. The third-order valence-corrected chi connectivity index (χ3v) is 1.29. The Hall–Kier alpha value is -1.20. The quantitative estimate of drug-likeness (QED) is 0.683. The molecule has 1 heterocycles. The average molecular weight is 187 g/mol. The van der Waals surface area contributed by atoms with Crippen molar-refractivity contribution >= 4 is 23.3 Å². The molecule has 0 aliphatic rings. The fraction of sp³-hybridized carbons (Fsp3) is 0.167. The van der Waals surface area contributed by atoms with E-state index in [2.05, 4.69) is 15.5 Å². The Bertz CT molecular complexity index is 273. The lowest BCUT2D eigenvalue weighted by atomic mass is 10.5. The number of anilines is 1. The van der Waals surface area contributed by atoms with Crippen LogP contribution in [-0.2, 0) is 4.79 Å². The van der Waals surface area contributed by atoms with E-state index in [4.69, 9.17) is 17.3 Å². The van der Waals surface area contributed by atoms with E-state index in [9.17, 15) is 4.79 Å². The molecule has 1 aromatic rings. The number of carbonyl (C=O) groups excluding carboxylic acids is 1. The summed E-state index contributed by atoms with van der Waals surface area (Å²) in [4.78, 5) is 10.7. The second-order valence-electron chi connectivity index (χ2n) is 1.99. The molecule has 0 aliphatic heterocycles. The number of hydrogen-bond acceptors (Lipinski definition) is 4. The van der Waals surface area contributed by atoms with Crippen molar-refractivity contribution in [2.45, 2.75) is 0 Å². The summed E-state index contributed by atoms with van der Waals surface area (Å²) in [7, 11) is 0. The number of halogens is 1. The number of aromatic nitrogens is 2. The van der Waals surface area contributed by atoms with Crippen molar-refractivity contribution < 1.29 is 4.79 Å². The van der Waals surface area contributed by atoms with Crippen LogP contribution >= 0.6 is 11.6 Å². The van der Waals surface area contributed by atoms with Gasteiger partial charge >= 0.3 is 0 Å². The van der Waals surface area contributed by atoms with Crippen LogP contribution < -0.4 is 11.1 Å². The zero-order chi connectivity index (χ0) is 8.97. The molecule has 0 aromatic carbocycles. The summed E-state index contributed by atoms with van der Waals surface area (Å²) >= 11 is 5.47. The SMILES string of the molecule is NCC(=O)Nc1ccc(Cl)nn1. The van der Waals surface area contributed by atoms with Crippen molar-refractivity contribution in [1.29, 1.82) is 0 Å². The molecule has 0 saturated carbocycles. The minimum Gasteiger partial charge on any atom is -0.322 e. The highest BCUT2D eigenvalue weighted by atomic mass is 35.5. The second kappa shape index (κ2) is 3.99. The minimum atomic E-state index is -0.313. The van der Waals surface area contributed by atoms with Crippen LogP contribution in [0.2, 0.25) is 5.15 Å². The third kappa shape index (κ3) is 2.44. The lowest BCUT2D eigenvalue weighted by molar-refractivity contribution is -0.114. The van der Waals surface area contributed by atoms with Crippen LogP contribution in [0.25, 0.3) is 0 Å². The molecule has 0 spiro atoms. The highest BCUT2D eigenvalue weighted by Gasteiger charge is 1.99. The number of rotatable bonds is 2. The third-order valence-electron chi connectivity index (χ3n) is 1.08. The summed E-state index contributed by atoms with van der Waals surface area (Å²) in [5.41, 5.74) is 5.06. The molecule has 0 aliphatic carbocycles. The highest BCUT2D eigenvalue weighted by molar-refractivity contribution is 6.29. The topological polar surface area (TPSA) is 80.9 Å². The first-order valence-electron chi connectivity index (χ1n) is 3.21. The summed E-state index contributed by atoms with van der Waals surface area (Å²) < 4.78 is 0. The van der Waals surface area contributed by atoms with Crippen molar-refractivity contribution in [1.82, 2.24) is 10.2 Å². The summed E-state index contributed by atoms with van der Waals surface area (Å²) in [6, 6.07) is 3.07. The van der Waals surface area contributed by atoms with Gasteiger partial charge < -0.3 is 11.1 Å². The number of nitrogens with zero attached hydrogens (tertiary/aromatic N) is 2. The van der Waals surface area contributed by atoms with E-state index in [1.165, 1.54) is 6.07 Å². The van der Waals surface area contributed by atoms with Crippen molar-refractivity contribution in [2.24, 2.45) is 5.73 Å². The van der Waals surface area contributed by atoms with E-state index in [1.54, 1.807) is 6.07 Å². The zero-order valence-electron chi connectivity index (χ0n) is 6.12.